The van der Waals surface area contributed by atoms with Gasteiger partial charge in [-0.2, -0.15) is 0 Å². The van der Waals surface area contributed by atoms with Crippen molar-refractivity contribution in [3.8, 4) is 0 Å². The molecule has 0 spiro atoms. The van der Waals surface area contributed by atoms with E-state index in [1.807, 2.05) is 33.8 Å². The number of aliphatic carboxylic acids is 1. The van der Waals surface area contributed by atoms with Crippen LogP contribution in [0.2, 0.25) is 0 Å². The number of carboxylic acids is 1. The van der Waals surface area contributed by atoms with Gasteiger partial charge in [-0.15, -0.1) is 11.6 Å². The Bertz CT molecular complexity index is 2110. The number of fused-ring (bicyclic) bond motifs is 12. The van der Waals surface area contributed by atoms with E-state index < -0.39 is 81.5 Å². The van der Waals surface area contributed by atoms with Crippen LogP contribution in [-0.2, 0) is 33.4 Å². The highest BCUT2D eigenvalue weighted by atomic mass is 35.5. The van der Waals surface area contributed by atoms with Crippen LogP contribution >= 0.6 is 11.6 Å². The van der Waals surface area contributed by atoms with Gasteiger partial charge in [0.05, 0.1) is 24.2 Å². The van der Waals surface area contributed by atoms with E-state index in [9.17, 15) is 44.4 Å². The Labute approximate surface area is 387 Å². The smallest absolute Gasteiger partial charge is 0.303 e. The van der Waals surface area contributed by atoms with Crippen molar-refractivity contribution in [3.05, 3.63) is 47.6 Å². The first-order valence-corrected chi connectivity index (χ1v) is 24.2. The summed E-state index contributed by atoms with van der Waals surface area (Å²) in [6.07, 6.45) is 13.8. The van der Waals surface area contributed by atoms with Crippen molar-refractivity contribution < 1.29 is 63.4 Å². The molecule has 0 bridgehead atoms. The van der Waals surface area contributed by atoms with Crippen LogP contribution in [0.3, 0.4) is 0 Å². The molecule has 9 aliphatic rings. The number of rotatable bonds is 7. The van der Waals surface area contributed by atoms with Crippen LogP contribution < -0.4 is 0 Å². The summed E-state index contributed by atoms with van der Waals surface area (Å²) in [5, 5.41) is 52.0. The van der Waals surface area contributed by atoms with E-state index in [2.05, 4.69) is 6.92 Å². The first kappa shape index (κ1) is 50.0. The number of Topliss-reactive ketones (excluding diaryl/α,β-unsaturated/α-hetero) is 2. The van der Waals surface area contributed by atoms with E-state index in [4.69, 9.17) is 26.2 Å². The fraction of sp³-hybridized carbons (Fsp3) is 0.745. The molecule has 14 heteroatoms. The van der Waals surface area contributed by atoms with Crippen molar-refractivity contribution in [2.24, 2.45) is 57.2 Å². The standard InChI is InChI=1S/C24H32O6.C22H28ClFO4.C5H10O2/c1-21(2)29-19-10-16-15-6-5-13-9-14(26)7-8-22(13,3)20(15)17(27)11-23(16,4)24(19,30-21)18(28)12-25;1-12-8-16-15-5-4-13-9-14(25)6-7-19(13,2)21(15,24)17(26)10-20(16,3)22(12,28)18(27)11-23;1-2-3-4-5(6)7/h7-9,15-17,19-20,25,27H,5-6,10-12H2,1-4H3;6-7,9,12,15-17,26,28H,4-5,8,10-11H2,1-3H3;2-4H2,1H3,(H,6,7)/t15-,16-,17-,19+,20+,22-,23-,24+;12-,15-,16-,17-,19-,20-,21-,22-;/m00./s1. The maximum atomic E-state index is 16.9. The van der Waals surface area contributed by atoms with Gasteiger partial charge in [0.2, 0.25) is 0 Å². The quantitative estimate of drug-likeness (QED) is 0.169. The van der Waals surface area contributed by atoms with Crippen molar-refractivity contribution in [2.75, 3.05) is 12.5 Å². The SMILES string of the molecule is CC1(C)O[C@@H]2C[C@H]3[C@@H]4CCC5=CC(=O)C=C[C@]5(C)[C@H]4[C@@H](O)C[C@]3(C)[C@]2(C(=O)CO)O1.CCCCC(=O)O.C[C@H]1C[C@H]2[C@@H]3CCC4=CC(=O)C=C[C@]4(C)[C@@]3(F)[C@@H](O)C[C@]2(C)[C@@]1(O)C(=O)CCl. The Kier molecular flexibility index (Phi) is 13.0. The van der Waals surface area contributed by atoms with Crippen LogP contribution in [0, 0.1) is 57.2 Å². The number of ether oxygens (including phenoxy) is 2. The molecule has 1 heterocycles. The molecule has 16 atom stereocenters. The number of unbranched alkanes of at least 4 members (excludes halogenated alkanes) is 1. The average Bonchev–Trinajstić information content (AvgIpc) is 3.74. The summed E-state index contributed by atoms with van der Waals surface area (Å²) >= 11 is 5.81. The van der Waals surface area contributed by atoms with Crippen LogP contribution in [0.25, 0.3) is 0 Å². The van der Waals surface area contributed by atoms with Gasteiger partial charge in [-0.25, -0.2) is 4.39 Å². The van der Waals surface area contributed by atoms with Crippen molar-refractivity contribution in [1.29, 1.82) is 0 Å². The minimum atomic E-state index is -1.95. The lowest BCUT2D eigenvalue weighted by Gasteiger charge is -2.62. The minimum absolute atomic E-state index is 0.0151. The number of alkyl halides is 2. The topological polar surface area (TPSA) is 205 Å². The minimum Gasteiger partial charge on any atom is -0.481 e. The van der Waals surface area contributed by atoms with Crippen molar-refractivity contribution >= 4 is 40.7 Å². The predicted octanol–water partition coefficient (Wildman–Crippen LogP) is 6.73. The summed E-state index contributed by atoms with van der Waals surface area (Å²) in [5.74, 6) is -3.67. The van der Waals surface area contributed by atoms with E-state index in [1.54, 1.807) is 39.0 Å². The second-order valence-electron chi connectivity index (χ2n) is 22.1. The van der Waals surface area contributed by atoms with Crippen molar-refractivity contribution in [2.45, 2.75) is 167 Å². The summed E-state index contributed by atoms with van der Waals surface area (Å²) in [7, 11) is 0. The molecule has 0 aromatic carbocycles. The number of carbonyl (C=O) groups is 5. The van der Waals surface area contributed by atoms with E-state index >= 15 is 4.39 Å². The molecular weight excluding hydrogens is 859 g/mol. The number of carbonyl (C=O) groups excluding carboxylic acids is 4. The van der Waals surface area contributed by atoms with Gasteiger partial charge >= 0.3 is 5.97 Å². The summed E-state index contributed by atoms with van der Waals surface area (Å²) in [5.41, 5.74) is -6.02. The zero-order valence-electron chi connectivity index (χ0n) is 39.2. The lowest BCUT2D eigenvalue weighted by molar-refractivity contribution is -0.225. The second kappa shape index (κ2) is 16.9. The lowest BCUT2D eigenvalue weighted by atomic mass is 9.44. The number of ketones is 4. The summed E-state index contributed by atoms with van der Waals surface area (Å²) < 4.78 is 29.4. The third-order valence-electron chi connectivity index (χ3n) is 18.6. The number of hydrogen-bond acceptors (Lipinski definition) is 11. The Hall–Kier alpha value is -2.91. The molecule has 6 saturated carbocycles. The number of aliphatic hydroxyl groups is 4. The number of aliphatic hydroxyl groups excluding tert-OH is 3. The second-order valence-corrected chi connectivity index (χ2v) is 22.4. The van der Waals surface area contributed by atoms with Gasteiger partial charge < -0.3 is 35.0 Å². The van der Waals surface area contributed by atoms with E-state index in [0.717, 1.165) is 36.8 Å². The third-order valence-corrected chi connectivity index (χ3v) is 18.8. The molecule has 7 fully saturated rings. The molecule has 9 rings (SSSR count). The molecule has 1 saturated heterocycles. The number of carboxylic acid groups (broad SMARTS) is 1. The largest absolute Gasteiger partial charge is 0.481 e. The van der Waals surface area contributed by atoms with E-state index in [-0.39, 0.29) is 64.7 Å². The average molecular weight is 930 g/mol. The van der Waals surface area contributed by atoms with Crippen LogP contribution in [0.15, 0.2) is 47.6 Å². The zero-order chi connectivity index (χ0) is 48.1. The third kappa shape index (κ3) is 7.12. The van der Waals surface area contributed by atoms with Crippen LogP contribution in [0.5, 0.6) is 0 Å². The van der Waals surface area contributed by atoms with E-state index in [0.29, 0.717) is 38.5 Å². The fourth-order valence-corrected chi connectivity index (χ4v) is 15.8. The molecule has 0 aromatic heterocycles. The molecule has 65 heavy (non-hydrogen) atoms. The maximum absolute atomic E-state index is 16.9. The highest BCUT2D eigenvalue weighted by Crippen LogP contribution is 2.72. The van der Waals surface area contributed by atoms with Gasteiger partial charge in [0.1, 0.15) is 12.2 Å². The van der Waals surface area contributed by atoms with Crippen molar-refractivity contribution in [3.63, 3.8) is 0 Å². The molecule has 0 unspecified atom stereocenters. The zero-order valence-corrected chi connectivity index (χ0v) is 40.0. The molecule has 12 nitrogen and oxygen atoms in total. The molecular formula is C51H70ClFO12. The Balaban J connectivity index is 0.000000170. The monoisotopic (exact) mass is 928 g/mol. The van der Waals surface area contributed by atoms with Crippen LogP contribution in [0.1, 0.15) is 126 Å². The lowest BCUT2D eigenvalue weighted by Crippen LogP contribution is -2.69. The molecule has 0 radical (unpaired) electrons. The van der Waals surface area contributed by atoms with Crippen LogP contribution in [0.4, 0.5) is 4.39 Å². The molecule has 1 aliphatic heterocycles. The van der Waals surface area contributed by atoms with Gasteiger partial charge in [-0.3, -0.25) is 24.0 Å². The van der Waals surface area contributed by atoms with Crippen molar-refractivity contribution in [1.82, 2.24) is 0 Å². The van der Waals surface area contributed by atoms with Crippen LogP contribution in [-0.4, -0.2) is 108 Å². The highest BCUT2D eigenvalue weighted by molar-refractivity contribution is 6.29. The normalized spacial score (nSPS) is 47.1. The highest BCUT2D eigenvalue weighted by Gasteiger charge is 2.78. The first-order valence-electron chi connectivity index (χ1n) is 23.7. The molecule has 5 N–H and O–H groups in total. The van der Waals surface area contributed by atoms with Gasteiger partial charge in [0, 0.05) is 39.9 Å². The first-order chi connectivity index (χ1) is 30.2. The summed E-state index contributed by atoms with van der Waals surface area (Å²) in [6, 6.07) is 0. The van der Waals surface area contributed by atoms with E-state index in [1.165, 1.54) is 12.2 Å². The maximum Gasteiger partial charge on any atom is 0.303 e. The molecule has 8 aliphatic carbocycles. The van der Waals surface area contributed by atoms with Gasteiger partial charge in [-0.05, 0) is 127 Å². The Morgan fingerprint density at radius 3 is 2.09 bits per heavy atom. The Morgan fingerprint density at radius 2 is 1.49 bits per heavy atom. The fourth-order valence-electron chi connectivity index (χ4n) is 15.6. The van der Waals surface area contributed by atoms with Gasteiger partial charge in [-0.1, -0.05) is 64.3 Å². The number of halogens is 2. The summed E-state index contributed by atoms with van der Waals surface area (Å²) in [4.78, 5) is 59.4. The summed E-state index contributed by atoms with van der Waals surface area (Å²) in [6.45, 7) is 14.5. The number of allylic oxidation sites excluding steroid dienone is 8. The number of hydrogen-bond donors (Lipinski definition) is 5. The molecule has 0 aromatic rings. The predicted molar refractivity (Wildman–Crippen MR) is 239 cm³/mol. The molecule has 0 amide bonds. The Morgan fingerprint density at radius 1 is 0.862 bits per heavy atom. The molecule has 360 valence electrons. The van der Waals surface area contributed by atoms with Gasteiger partial charge in [0.25, 0.3) is 0 Å². The van der Waals surface area contributed by atoms with Gasteiger partial charge in [0.15, 0.2) is 40.2 Å².